The van der Waals surface area contributed by atoms with E-state index in [1.807, 2.05) is 48.5 Å². The average Bonchev–Trinajstić information content (AvgIpc) is 2.85. The molecular weight excluding hydrogens is 412 g/mol. The average molecular weight is 449 g/mol. The lowest BCUT2D eigenvalue weighted by Gasteiger charge is -2.32. The number of piperidine rings is 1. The number of benzene rings is 2. The second-order valence-electron chi connectivity index (χ2n) is 8.53. The van der Waals surface area contributed by atoms with Gasteiger partial charge in [0.2, 0.25) is 0 Å². The number of nitrogens with two attached hydrogens (primary N) is 2. The van der Waals surface area contributed by atoms with Crippen LogP contribution in [0.1, 0.15) is 43.2 Å². The minimum absolute atomic E-state index is 0.0819. The summed E-state index contributed by atoms with van der Waals surface area (Å²) in [5.74, 6) is 2.58. The number of rotatable bonds is 12. The molecular formula is C27H36N4O2. The van der Waals surface area contributed by atoms with Gasteiger partial charge in [-0.15, -0.1) is 5.73 Å². The van der Waals surface area contributed by atoms with Crippen molar-refractivity contribution < 1.29 is 9.47 Å². The highest BCUT2D eigenvalue weighted by Gasteiger charge is 2.18. The molecule has 3 rings (SSSR count). The van der Waals surface area contributed by atoms with E-state index in [9.17, 15) is 0 Å². The minimum atomic E-state index is 0.0819. The molecule has 1 aliphatic heterocycles. The SMILES string of the molecule is C=C=C(N)c1ccc(OCCCN2CCC(CCCOc3ccc(C(=N)N)cc3)CC2)cc1. The molecule has 1 saturated heterocycles. The van der Waals surface area contributed by atoms with Gasteiger partial charge in [-0.2, -0.15) is 0 Å². The zero-order valence-corrected chi connectivity index (χ0v) is 19.4. The highest BCUT2D eigenvalue weighted by molar-refractivity contribution is 5.94. The van der Waals surface area contributed by atoms with Crippen LogP contribution in [0.25, 0.3) is 5.70 Å². The van der Waals surface area contributed by atoms with Crippen LogP contribution in [-0.4, -0.2) is 43.6 Å². The monoisotopic (exact) mass is 448 g/mol. The number of hydrogen-bond donors (Lipinski definition) is 3. The van der Waals surface area contributed by atoms with Gasteiger partial charge in [0.15, 0.2) is 0 Å². The Morgan fingerprint density at radius 2 is 1.45 bits per heavy atom. The number of ether oxygens (including phenoxy) is 2. The van der Waals surface area contributed by atoms with E-state index in [2.05, 4.69) is 17.2 Å². The predicted molar refractivity (Wildman–Crippen MR) is 135 cm³/mol. The number of nitrogens with one attached hydrogen (secondary N) is 1. The second-order valence-corrected chi connectivity index (χ2v) is 8.53. The largest absolute Gasteiger partial charge is 0.494 e. The van der Waals surface area contributed by atoms with Gasteiger partial charge in [-0.25, -0.2) is 0 Å². The lowest BCUT2D eigenvalue weighted by molar-refractivity contribution is 0.161. The zero-order chi connectivity index (χ0) is 23.5. The molecule has 0 aliphatic carbocycles. The van der Waals surface area contributed by atoms with E-state index in [0.29, 0.717) is 5.70 Å². The topological polar surface area (TPSA) is 97.6 Å². The Labute approximate surface area is 197 Å². The van der Waals surface area contributed by atoms with Crippen LogP contribution in [0.3, 0.4) is 0 Å². The predicted octanol–water partition coefficient (Wildman–Crippen LogP) is 4.40. The Morgan fingerprint density at radius 3 is 2.00 bits per heavy atom. The fourth-order valence-electron chi connectivity index (χ4n) is 4.10. The molecule has 0 atom stereocenters. The van der Waals surface area contributed by atoms with Gasteiger partial charge < -0.3 is 25.8 Å². The molecule has 2 aromatic carbocycles. The maximum Gasteiger partial charge on any atom is 0.122 e. The van der Waals surface area contributed by atoms with Crippen LogP contribution in [-0.2, 0) is 0 Å². The van der Waals surface area contributed by atoms with E-state index in [4.69, 9.17) is 26.4 Å². The molecule has 6 heteroatoms. The lowest BCUT2D eigenvalue weighted by Crippen LogP contribution is -2.35. The summed E-state index contributed by atoms with van der Waals surface area (Å²) in [6.45, 7) is 8.43. The molecule has 0 aromatic heterocycles. The third-order valence-electron chi connectivity index (χ3n) is 6.14. The van der Waals surface area contributed by atoms with Crippen molar-refractivity contribution in [2.45, 2.75) is 32.1 Å². The molecule has 33 heavy (non-hydrogen) atoms. The molecule has 0 radical (unpaired) electrons. The first-order valence-corrected chi connectivity index (χ1v) is 11.7. The molecule has 0 spiro atoms. The van der Waals surface area contributed by atoms with Crippen LogP contribution in [0.5, 0.6) is 11.5 Å². The van der Waals surface area contributed by atoms with Crippen molar-refractivity contribution in [1.82, 2.24) is 4.90 Å². The van der Waals surface area contributed by atoms with Crippen LogP contribution < -0.4 is 20.9 Å². The molecule has 1 aliphatic rings. The number of amidine groups is 1. The maximum absolute atomic E-state index is 7.43. The summed E-state index contributed by atoms with van der Waals surface area (Å²) in [6.07, 6.45) is 5.82. The highest BCUT2D eigenvalue weighted by Crippen LogP contribution is 2.22. The Kier molecular flexibility index (Phi) is 9.43. The van der Waals surface area contributed by atoms with Crippen LogP contribution in [0, 0.1) is 11.3 Å². The second kappa shape index (κ2) is 12.7. The fraction of sp³-hybridized carbons (Fsp3) is 0.407. The van der Waals surface area contributed by atoms with Crippen molar-refractivity contribution in [3.63, 3.8) is 0 Å². The van der Waals surface area contributed by atoms with Crippen LogP contribution >= 0.6 is 0 Å². The van der Waals surface area contributed by atoms with Gasteiger partial charge in [-0.1, -0.05) is 6.58 Å². The van der Waals surface area contributed by atoms with Gasteiger partial charge in [0.1, 0.15) is 17.3 Å². The van der Waals surface area contributed by atoms with Crippen molar-refractivity contribution in [2.24, 2.45) is 17.4 Å². The first-order chi connectivity index (χ1) is 16.0. The fourth-order valence-corrected chi connectivity index (χ4v) is 4.10. The number of nitrogens with zero attached hydrogens (tertiary/aromatic N) is 1. The number of likely N-dealkylation sites (tertiary alicyclic amines) is 1. The van der Waals surface area contributed by atoms with E-state index < -0.39 is 0 Å². The van der Waals surface area contributed by atoms with Gasteiger partial charge in [0.25, 0.3) is 0 Å². The molecule has 1 fully saturated rings. The smallest absolute Gasteiger partial charge is 0.122 e. The van der Waals surface area contributed by atoms with E-state index >= 15 is 0 Å². The van der Waals surface area contributed by atoms with E-state index in [1.165, 1.54) is 32.4 Å². The van der Waals surface area contributed by atoms with Gasteiger partial charge in [0.05, 0.1) is 18.9 Å². The standard InChI is InChI=1S/C27H36N4O2/c1-2-26(28)22-6-10-24(11-7-22)33-20-4-16-31-17-14-21(15-18-31)5-3-19-32-25-12-8-23(9-13-25)27(29)30/h6-13,21H,1,3-5,14-20,28H2,(H3,29,30). The van der Waals surface area contributed by atoms with E-state index in [0.717, 1.165) is 61.1 Å². The van der Waals surface area contributed by atoms with E-state index in [-0.39, 0.29) is 5.84 Å². The Morgan fingerprint density at radius 1 is 0.909 bits per heavy atom. The van der Waals surface area contributed by atoms with Crippen molar-refractivity contribution in [1.29, 1.82) is 5.41 Å². The van der Waals surface area contributed by atoms with Crippen molar-refractivity contribution in [2.75, 3.05) is 32.8 Å². The van der Waals surface area contributed by atoms with Gasteiger partial charge in [-0.05, 0) is 99.6 Å². The summed E-state index contributed by atoms with van der Waals surface area (Å²) in [6, 6.07) is 15.2. The normalized spacial score (nSPS) is 14.4. The van der Waals surface area contributed by atoms with Gasteiger partial charge >= 0.3 is 0 Å². The Balaban J connectivity index is 1.23. The molecule has 0 unspecified atom stereocenters. The molecule has 176 valence electrons. The van der Waals surface area contributed by atoms with Crippen molar-refractivity contribution in [3.8, 4) is 11.5 Å². The van der Waals surface area contributed by atoms with Crippen molar-refractivity contribution in [3.05, 3.63) is 72.0 Å². The van der Waals surface area contributed by atoms with Crippen molar-refractivity contribution >= 4 is 11.5 Å². The summed E-state index contributed by atoms with van der Waals surface area (Å²) in [5, 5.41) is 7.43. The summed E-state index contributed by atoms with van der Waals surface area (Å²) in [5.41, 5.74) is 16.2. The number of nitrogen functional groups attached to an aromatic ring is 1. The first-order valence-electron chi connectivity index (χ1n) is 11.7. The number of hydrogen-bond acceptors (Lipinski definition) is 5. The van der Waals surface area contributed by atoms with Gasteiger partial charge in [-0.3, -0.25) is 5.41 Å². The zero-order valence-electron chi connectivity index (χ0n) is 19.4. The molecule has 0 bridgehead atoms. The Bertz CT molecular complexity index is 926. The maximum atomic E-state index is 7.43. The van der Waals surface area contributed by atoms with E-state index in [1.54, 1.807) is 0 Å². The summed E-state index contributed by atoms with van der Waals surface area (Å²) < 4.78 is 11.7. The molecule has 0 amide bonds. The van der Waals surface area contributed by atoms with Crippen LogP contribution in [0.15, 0.2) is 60.8 Å². The highest BCUT2D eigenvalue weighted by atomic mass is 16.5. The Hall–Kier alpha value is -3.21. The molecule has 6 nitrogen and oxygen atoms in total. The third-order valence-corrected chi connectivity index (χ3v) is 6.14. The third kappa shape index (κ3) is 8.01. The van der Waals surface area contributed by atoms with Crippen LogP contribution in [0.2, 0.25) is 0 Å². The molecule has 2 aromatic rings. The quantitative estimate of drug-likeness (QED) is 0.194. The summed E-state index contributed by atoms with van der Waals surface area (Å²) in [7, 11) is 0. The molecule has 0 saturated carbocycles. The van der Waals surface area contributed by atoms with Crippen LogP contribution in [0.4, 0.5) is 0 Å². The molecule has 5 N–H and O–H groups in total. The summed E-state index contributed by atoms with van der Waals surface area (Å²) >= 11 is 0. The minimum Gasteiger partial charge on any atom is -0.494 e. The lowest BCUT2D eigenvalue weighted by atomic mass is 9.92. The molecule has 1 heterocycles. The summed E-state index contributed by atoms with van der Waals surface area (Å²) in [4.78, 5) is 2.55. The first kappa shape index (κ1) is 24.4. The van der Waals surface area contributed by atoms with Gasteiger partial charge in [0, 0.05) is 17.7 Å².